The second-order valence-electron chi connectivity index (χ2n) is 8.48. The Hall–Kier alpha value is -4.02. The molecular formula is C23H25FN6O4. The maximum atomic E-state index is 14.8. The molecule has 4 aromatic rings. The van der Waals surface area contributed by atoms with Crippen molar-refractivity contribution < 1.29 is 23.2 Å². The van der Waals surface area contributed by atoms with Gasteiger partial charge in [-0.25, -0.2) is 9.18 Å². The van der Waals surface area contributed by atoms with Crippen LogP contribution in [-0.4, -0.2) is 43.5 Å². The highest BCUT2D eigenvalue weighted by Crippen LogP contribution is 2.30. The number of aryl methyl sites for hydroxylation is 1. The summed E-state index contributed by atoms with van der Waals surface area (Å²) in [4.78, 5) is 18.9. The first kappa shape index (κ1) is 23.1. The molecule has 0 saturated carbocycles. The van der Waals surface area contributed by atoms with E-state index in [0.29, 0.717) is 40.9 Å². The first-order valence-corrected chi connectivity index (χ1v) is 10.7. The molecule has 1 aromatic carbocycles. The normalized spacial score (nSPS) is 11.6. The molecule has 11 heteroatoms. The topological polar surface area (TPSA) is 108 Å². The quantitative estimate of drug-likeness (QED) is 0.409. The van der Waals surface area contributed by atoms with E-state index in [0.717, 1.165) is 0 Å². The van der Waals surface area contributed by atoms with E-state index in [9.17, 15) is 9.18 Å². The van der Waals surface area contributed by atoms with Crippen molar-refractivity contribution in [3.8, 4) is 17.1 Å². The van der Waals surface area contributed by atoms with Gasteiger partial charge in [-0.15, -0.1) is 10.2 Å². The van der Waals surface area contributed by atoms with Gasteiger partial charge < -0.3 is 14.0 Å². The summed E-state index contributed by atoms with van der Waals surface area (Å²) in [7, 11) is 1.44. The van der Waals surface area contributed by atoms with Gasteiger partial charge in [-0.1, -0.05) is 18.1 Å². The highest BCUT2D eigenvalue weighted by Gasteiger charge is 2.28. The molecule has 0 radical (unpaired) electrons. The van der Waals surface area contributed by atoms with Crippen LogP contribution in [0.25, 0.3) is 17.0 Å². The van der Waals surface area contributed by atoms with E-state index in [1.165, 1.54) is 30.5 Å². The summed E-state index contributed by atoms with van der Waals surface area (Å²) < 4.78 is 32.5. The predicted molar refractivity (Wildman–Crippen MR) is 121 cm³/mol. The number of ether oxygens (including phenoxy) is 2. The van der Waals surface area contributed by atoms with E-state index in [2.05, 4.69) is 20.3 Å². The van der Waals surface area contributed by atoms with Gasteiger partial charge in [-0.2, -0.15) is 4.98 Å². The maximum Gasteiger partial charge on any atom is 0.416 e. The first-order valence-electron chi connectivity index (χ1n) is 10.7. The molecule has 3 heterocycles. The Morgan fingerprint density at radius 2 is 2.03 bits per heavy atom. The SMILES string of the molecule is CCc1nc(-c2ccc(N(Cc3c(F)cccc3OC)C(=O)OC(C)(C)C)n3cnnc23)no1. The van der Waals surface area contributed by atoms with E-state index in [-0.39, 0.29) is 12.1 Å². The Bertz CT molecular complexity index is 1330. The van der Waals surface area contributed by atoms with Gasteiger partial charge in [-0.3, -0.25) is 9.30 Å². The zero-order valence-electron chi connectivity index (χ0n) is 19.6. The van der Waals surface area contributed by atoms with Crippen molar-refractivity contribution in [1.29, 1.82) is 0 Å². The van der Waals surface area contributed by atoms with Gasteiger partial charge >= 0.3 is 6.09 Å². The molecule has 0 spiro atoms. The smallest absolute Gasteiger partial charge is 0.416 e. The Labute approximate surface area is 195 Å². The fraction of sp³-hybridized carbons (Fsp3) is 0.348. The minimum atomic E-state index is -0.776. The van der Waals surface area contributed by atoms with Crippen LogP contribution in [0.2, 0.25) is 0 Å². The lowest BCUT2D eigenvalue weighted by Gasteiger charge is -2.28. The minimum absolute atomic E-state index is 0.153. The second kappa shape index (κ2) is 9.08. The van der Waals surface area contributed by atoms with Crippen molar-refractivity contribution in [3.05, 3.63) is 53.9 Å². The van der Waals surface area contributed by atoms with E-state index < -0.39 is 17.5 Å². The zero-order chi connectivity index (χ0) is 24.5. The molecule has 0 bridgehead atoms. The van der Waals surface area contributed by atoms with Crippen molar-refractivity contribution in [2.75, 3.05) is 12.0 Å². The van der Waals surface area contributed by atoms with Crippen molar-refractivity contribution in [2.24, 2.45) is 0 Å². The van der Waals surface area contributed by atoms with Crippen LogP contribution in [0.4, 0.5) is 15.0 Å². The van der Waals surface area contributed by atoms with Gasteiger partial charge in [0.2, 0.25) is 11.7 Å². The van der Waals surface area contributed by atoms with Crippen molar-refractivity contribution >= 4 is 17.6 Å². The van der Waals surface area contributed by atoms with Gasteiger partial charge in [0.25, 0.3) is 0 Å². The highest BCUT2D eigenvalue weighted by molar-refractivity contribution is 5.88. The summed E-state index contributed by atoms with van der Waals surface area (Å²) in [6.45, 7) is 7.02. The third-order valence-electron chi connectivity index (χ3n) is 4.95. The third kappa shape index (κ3) is 4.54. The van der Waals surface area contributed by atoms with Gasteiger partial charge in [0.1, 0.15) is 29.3 Å². The summed E-state index contributed by atoms with van der Waals surface area (Å²) in [5, 5.41) is 12.2. The number of rotatable bonds is 6. The van der Waals surface area contributed by atoms with E-state index >= 15 is 0 Å². The van der Waals surface area contributed by atoms with Crippen molar-refractivity contribution in [2.45, 2.75) is 46.3 Å². The number of nitrogens with zero attached hydrogens (tertiary/aromatic N) is 6. The van der Waals surface area contributed by atoms with Crippen LogP contribution in [0.1, 0.15) is 39.1 Å². The molecule has 0 aliphatic rings. The van der Waals surface area contributed by atoms with Crippen molar-refractivity contribution in [3.63, 3.8) is 0 Å². The number of anilines is 1. The van der Waals surface area contributed by atoms with Crippen LogP contribution in [0, 0.1) is 5.82 Å². The number of pyridine rings is 1. The van der Waals surface area contributed by atoms with Gasteiger partial charge in [0.15, 0.2) is 5.65 Å². The Kier molecular flexibility index (Phi) is 6.18. The number of fused-ring (bicyclic) bond motifs is 1. The largest absolute Gasteiger partial charge is 0.496 e. The molecular weight excluding hydrogens is 443 g/mol. The van der Waals surface area contributed by atoms with Crippen LogP contribution in [0.15, 0.2) is 41.2 Å². The number of amides is 1. The van der Waals surface area contributed by atoms with Gasteiger partial charge in [0, 0.05) is 12.0 Å². The van der Waals surface area contributed by atoms with Crippen LogP contribution < -0.4 is 9.64 Å². The molecule has 0 atom stereocenters. The number of methoxy groups -OCH3 is 1. The van der Waals surface area contributed by atoms with E-state index in [1.54, 1.807) is 43.4 Å². The number of carbonyl (C=O) groups is 1. The molecule has 178 valence electrons. The van der Waals surface area contributed by atoms with Gasteiger partial charge in [-0.05, 0) is 45.0 Å². The lowest BCUT2D eigenvalue weighted by atomic mass is 10.1. The van der Waals surface area contributed by atoms with Crippen LogP contribution in [0.5, 0.6) is 5.75 Å². The number of benzene rings is 1. The number of carbonyl (C=O) groups excluding carboxylic acids is 1. The lowest BCUT2D eigenvalue weighted by molar-refractivity contribution is 0.0575. The maximum absolute atomic E-state index is 14.8. The summed E-state index contributed by atoms with van der Waals surface area (Å²) >= 11 is 0. The summed E-state index contributed by atoms with van der Waals surface area (Å²) in [6.07, 6.45) is 1.36. The molecule has 34 heavy (non-hydrogen) atoms. The summed E-state index contributed by atoms with van der Waals surface area (Å²) in [6, 6.07) is 7.86. The number of hydrogen-bond donors (Lipinski definition) is 0. The Morgan fingerprint density at radius 3 is 2.71 bits per heavy atom. The number of aromatic nitrogens is 5. The molecule has 0 N–H and O–H groups in total. The molecule has 1 amide bonds. The van der Waals surface area contributed by atoms with Crippen molar-refractivity contribution in [1.82, 2.24) is 24.7 Å². The molecule has 10 nitrogen and oxygen atoms in total. The fourth-order valence-electron chi connectivity index (χ4n) is 3.40. The standard InChI is InChI=1S/C23H25FN6O4/c1-6-18-26-20(28-34-18)14-10-11-19(30-13-25-27-21(14)30)29(22(31)33-23(2,3)4)12-15-16(24)8-7-9-17(15)32-5/h7-11,13H,6,12H2,1-5H3. The molecule has 0 fully saturated rings. The second-order valence-corrected chi connectivity index (χ2v) is 8.48. The molecule has 3 aromatic heterocycles. The first-order chi connectivity index (χ1) is 16.2. The number of halogens is 1. The monoisotopic (exact) mass is 468 g/mol. The highest BCUT2D eigenvalue weighted by atomic mass is 19.1. The lowest BCUT2D eigenvalue weighted by Crippen LogP contribution is -2.37. The summed E-state index contributed by atoms with van der Waals surface area (Å²) in [5.74, 6) is 0.995. The van der Waals surface area contributed by atoms with Crippen LogP contribution >= 0.6 is 0 Å². The average Bonchev–Trinajstić information content (AvgIpc) is 3.46. The molecule has 4 rings (SSSR count). The van der Waals surface area contributed by atoms with Crippen LogP contribution in [0.3, 0.4) is 0 Å². The third-order valence-corrected chi connectivity index (χ3v) is 4.95. The molecule has 0 unspecified atom stereocenters. The Balaban J connectivity index is 1.83. The zero-order valence-corrected chi connectivity index (χ0v) is 19.6. The predicted octanol–water partition coefficient (Wildman–Crippen LogP) is 4.43. The van der Waals surface area contributed by atoms with E-state index in [4.69, 9.17) is 14.0 Å². The average molecular weight is 468 g/mol. The number of hydrogen-bond acceptors (Lipinski definition) is 8. The molecule has 0 aliphatic heterocycles. The van der Waals surface area contributed by atoms with E-state index in [1.807, 2.05) is 6.92 Å². The minimum Gasteiger partial charge on any atom is -0.496 e. The van der Waals surface area contributed by atoms with Gasteiger partial charge in [0.05, 0.1) is 19.2 Å². The Morgan fingerprint density at radius 1 is 1.24 bits per heavy atom. The summed E-state index contributed by atoms with van der Waals surface area (Å²) in [5.41, 5.74) is 0.390. The van der Waals surface area contributed by atoms with Crippen LogP contribution in [-0.2, 0) is 17.7 Å². The molecule has 0 aliphatic carbocycles. The molecule has 0 saturated heterocycles. The fourth-order valence-corrected chi connectivity index (χ4v) is 3.40.